The number of nitrogens with zero attached hydrogens (tertiary/aromatic N) is 1. The zero-order valence-electron chi connectivity index (χ0n) is 13.6. The van der Waals surface area contributed by atoms with E-state index in [1.807, 2.05) is 51.1 Å². The van der Waals surface area contributed by atoms with E-state index in [0.29, 0.717) is 13.0 Å². The van der Waals surface area contributed by atoms with Crippen LogP contribution in [0.2, 0.25) is 0 Å². The lowest BCUT2D eigenvalue weighted by Crippen LogP contribution is -2.37. The van der Waals surface area contributed by atoms with Crippen LogP contribution in [0.4, 0.5) is 4.79 Å². The van der Waals surface area contributed by atoms with Crippen LogP contribution in [0.1, 0.15) is 34.1 Å². The van der Waals surface area contributed by atoms with Gasteiger partial charge in [-0.2, -0.15) is 0 Å². The van der Waals surface area contributed by atoms with Gasteiger partial charge in [0.25, 0.3) is 0 Å². The molecular weight excluding hydrogens is 250 g/mol. The first-order valence-corrected chi connectivity index (χ1v) is 6.90. The Labute approximate surface area is 123 Å². The highest BCUT2D eigenvalue weighted by Crippen LogP contribution is 2.11. The second kappa shape index (κ2) is 7.73. The van der Waals surface area contributed by atoms with Gasteiger partial charge < -0.3 is 9.64 Å². The third kappa shape index (κ3) is 6.41. The molecule has 3 nitrogen and oxygen atoms in total. The fraction of sp³-hybridized carbons (Fsp3) is 0.471. The second-order valence-corrected chi connectivity index (χ2v) is 5.63. The standard InChI is InChI=1S/C17H25NO2/c1-5-13-18(16(19)20-17(2,3)4)14-9-12-15-10-7-6-8-11-15/h5-8,10-11H,1,9,12-14H2,2-4H3/i14D. The molecule has 0 spiro atoms. The molecule has 3 heteroatoms. The number of hydrogen-bond donors (Lipinski definition) is 0. The minimum absolute atomic E-state index is 0.317. The van der Waals surface area contributed by atoms with Crippen LogP contribution >= 0.6 is 0 Å². The molecule has 1 amide bonds. The van der Waals surface area contributed by atoms with Crippen LogP contribution in [0, 0.1) is 0 Å². The maximum absolute atomic E-state index is 12.1. The van der Waals surface area contributed by atoms with Gasteiger partial charge in [-0.25, -0.2) is 4.79 Å². The summed E-state index contributed by atoms with van der Waals surface area (Å²) in [6.45, 7) is 8.78. The first-order chi connectivity index (χ1) is 9.83. The Bertz CT molecular complexity index is 454. The summed E-state index contributed by atoms with van der Waals surface area (Å²) < 4.78 is 13.5. The molecule has 0 bridgehead atoms. The van der Waals surface area contributed by atoms with Gasteiger partial charge in [0.2, 0.25) is 0 Å². The Morgan fingerprint density at radius 3 is 2.60 bits per heavy atom. The number of carbonyl (C=O) groups is 1. The normalized spacial score (nSPS) is 13.2. The van der Waals surface area contributed by atoms with Crippen molar-refractivity contribution in [2.75, 3.05) is 13.1 Å². The van der Waals surface area contributed by atoms with E-state index in [2.05, 4.69) is 6.58 Å². The van der Waals surface area contributed by atoms with E-state index in [0.717, 1.165) is 12.0 Å². The molecule has 1 aromatic carbocycles. The summed E-state index contributed by atoms with van der Waals surface area (Å²) in [6, 6.07) is 9.97. The molecule has 1 aromatic rings. The van der Waals surface area contributed by atoms with E-state index in [4.69, 9.17) is 6.11 Å². The highest BCUT2D eigenvalue weighted by Gasteiger charge is 2.20. The van der Waals surface area contributed by atoms with Crippen molar-refractivity contribution in [2.24, 2.45) is 0 Å². The van der Waals surface area contributed by atoms with Crippen LogP contribution in [-0.4, -0.2) is 29.7 Å². The lowest BCUT2D eigenvalue weighted by molar-refractivity contribution is 0.0270. The van der Waals surface area contributed by atoms with E-state index >= 15 is 0 Å². The van der Waals surface area contributed by atoms with Crippen LogP contribution in [0.3, 0.4) is 0 Å². The number of benzene rings is 1. The minimum Gasteiger partial charge on any atom is -0.444 e. The Morgan fingerprint density at radius 1 is 1.40 bits per heavy atom. The molecule has 1 rings (SSSR count). The molecular formula is C17H25NO2. The topological polar surface area (TPSA) is 29.5 Å². The Balaban J connectivity index is 2.62. The van der Waals surface area contributed by atoms with Gasteiger partial charge in [0, 0.05) is 14.4 Å². The summed E-state index contributed by atoms with van der Waals surface area (Å²) in [5.74, 6) is 0. The van der Waals surface area contributed by atoms with Gasteiger partial charge in [-0.15, -0.1) is 6.58 Å². The lowest BCUT2D eigenvalue weighted by atomic mass is 10.1. The van der Waals surface area contributed by atoms with Crippen LogP contribution in [0.5, 0.6) is 0 Å². The SMILES string of the molecule is [2H]C(CCc1ccccc1)N(CC=C)C(=O)OC(C)(C)C. The van der Waals surface area contributed by atoms with Crippen molar-refractivity contribution >= 4 is 6.09 Å². The summed E-state index contributed by atoms with van der Waals surface area (Å²) in [7, 11) is 0. The average Bonchev–Trinajstić information content (AvgIpc) is 2.41. The predicted molar refractivity (Wildman–Crippen MR) is 82.8 cm³/mol. The van der Waals surface area contributed by atoms with E-state index in [1.165, 1.54) is 4.90 Å². The number of ether oxygens (including phenoxy) is 1. The third-order valence-electron chi connectivity index (χ3n) is 2.58. The molecule has 1 atom stereocenters. The molecule has 1 unspecified atom stereocenters. The van der Waals surface area contributed by atoms with Crippen molar-refractivity contribution in [3.05, 3.63) is 48.6 Å². The first kappa shape index (κ1) is 14.6. The summed E-state index contributed by atoms with van der Waals surface area (Å²) in [5, 5.41) is 0. The number of amides is 1. The van der Waals surface area contributed by atoms with E-state index in [9.17, 15) is 4.79 Å². The van der Waals surface area contributed by atoms with E-state index < -0.39 is 18.2 Å². The van der Waals surface area contributed by atoms with Gasteiger partial charge in [-0.05, 0) is 39.2 Å². The molecule has 0 aliphatic carbocycles. The van der Waals surface area contributed by atoms with Crippen molar-refractivity contribution in [3.63, 3.8) is 0 Å². The van der Waals surface area contributed by atoms with Crippen molar-refractivity contribution < 1.29 is 10.9 Å². The van der Waals surface area contributed by atoms with Crippen molar-refractivity contribution in [1.29, 1.82) is 0 Å². The summed E-state index contributed by atoms with van der Waals surface area (Å²) in [5.41, 5.74) is 0.604. The number of rotatable bonds is 6. The molecule has 20 heavy (non-hydrogen) atoms. The summed E-state index contributed by atoms with van der Waals surface area (Å²) >= 11 is 0. The monoisotopic (exact) mass is 276 g/mol. The van der Waals surface area contributed by atoms with Gasteiger partial charge >= 0.3 is 6.09 Å². The molecule has 0 N–H and O–H groups in total. The van der Waals surface area contributed by atoms with Crippen molar-refractivity contribution in [1.82, 2.24) is 4.90 Å². The fourth-order valence-corrected chi connectivity index (χ4v) is 1.71. The largest absolute Gasteiger partial charge is 0.444 e. The average molecular weight is 276 g/mol. The van der Waals surface area contributed by atoms with Crippen molar-refractivity contribution in [2.45, 2.75) is 39.2 Å². The predicted octanol–water partition coefficient (Wildman–Crippen LogP) is 4.04. The maximum Gasteiger partial charge on any atom is 0.410 e. The maximum atomic E-state index is 12.1. The van der Waals surface area contributed by atoms with Crippen LogP contribution in [0.15, 0.2) is 43.0 Å². The molecule has 0 aliphatic heterocycles. The van der Waals surface area contributed by atoms with E-state index in [-0.39, 0.29) is 0 Å². The molecule has 0 radical (unpaired) electrons. The molecule has 110 valence electrons. The zero-order chi connectivity index (χ0) is 15.9. The van der Waals surface area contributed by atoms with Crippen LogP contribution in [0.25, 0.3) is 0 Å². The molecule has 0 saturated carbocycles. The molecule has 0 aliphatic rings. The number of carbonyl (C=O) groups excluding carboxylic acids is 1. The Hall–Kier alpha value is -1.77. The molecule has 0 aromatic heterocycles. The lowest BCUT2D eigenvalue weighted by Gasteiger charge is -2.26. The quantitative estimate of drug-likeness (QED) is 0.734. The highest BCUT2D eigenvalue weighted by molar-refractivity contribution is 5.68. The van der Waals surface area contributed by atoms with Gasteiger partial charge in [-0.3, -0.25) is 0 Å². The Kier molecular flexibility index (Phi) is 5.66. The Morgan fingerprint density at radius 2 is 2.05 bits per heavy atom. The van der Waals surface area contributed by atoms with Gasteiger partial charge in [0.1, 0.15) is 5.60 Å². The van der Waals surface area contributed by atoms with E-state index in [1.54, 1.807) is 6.08 Å². The van der Waals surface area contributed by atoms with Gasteiger partial charge in [0.15, 0.2) is 0 Å². The van der Waals surface area contributed by atoms with Crippen LogP contribution in [-0.2, 0) is 11.2 Å². The summed E-state index contributed by atoms with van der Waals surface area (Å²) in [4.78, 5) is 13.5. The van der Waals surface area contributed by atoms with Crippen LogP contribution < -0.4 is 0 Å². The van der Waals surface area contributed by atoms with Gasteiger partial charge in [-0.1, -0.05) is 36.4 Å². The minimum atomic E-state index is -0.641. The zero-order valence-corrected chi connectivity index (χ0v) is 12.6. The molecule has 0 heterocycles. The highest BCUT2D eigenvalue weighted by atomic mass is 16.6. The number of aryl methyl sites for hydroxylation is 1. The number of hydrogen-bond acceptors (Lipinski definition) is 2. The first-order valence-electron chi connectivity index (χ1n) is 7.48. The smallest absolute Gasteiger partial charge is 0.410 e. The molecule has 0 saturated heterocycles. The second-order valence-electron chi connectivity index (χ2n) is 5.63. The van der Waals surface area contributed by atoms with Crippen molar-refractivity contribution in [3.8, 4) is 0 Å². The fourth-order valence-electron chi connectivity index (χ4n) is 1.71. The summed E-state index contributed by atoms with van der Waals surface area (Å²) in [6.07, 6.45) is 2.48. The van der Waals surface area contributed by atoms with Gasteiger partial charge in [0.05, 0.1) is 0 Å². The molecule has 0 fully saturated rings. The third-order valence-corrected chi connectivity index (χ3v) is 2.58.